The number of hydrogen-bond donors (Lipinski definition) is 3. The van der Waals surface area contributed by atoms with Gasteiger partial charge in [0.1, 0.15) is 5.60 Å². The third-order valence-corrected chi connectivity index (χ3v) is 5.19. The van der Waals surface area contributed by atoms with Crippen molar-refractivity contribution in [1.29, 1.82) is 0 Å². The van der Waals surface area contributed by atoms with Gasteiger partial charge in [0.05, 0.1) is 10.6 Å². The molecule has 166 valence electrons. The fourth-order valence-corrected chi connectivity index (χ4v) is 3.51. The number of halogens is 1. The smallest absolute Gasteiger partial charge is 0.407 e. The number of carbonyl (C=O) groups excluding carboxylic acids is 1. The summed E-state index contributed by atoms with van der Waals surface area (Å²) in [7, 11) is -3.29. The van der Waals surface area contributed by atoms with Crippen molar-refractivity contribution in [3.05, 3.63) is 30.3 Å². The summed E-state index contributed by atoms with van der Waals surface area (Å²) in [6.45, 7) is 9.25. The molecule has 1 rings (SSSR count). The topological polar surface area (TPSA) is 109 Å². The first-order chi connectivity index (χ1) is 13.1. The Morgan fingerprint density at radius 2 is 1.69 bits per heavy atom. The Hall–Kier alpha value is -1.56. The van der Waals surface area contributed by atoms with Gasteiger partial charge in [0.15, 0.2) is 15.8 Å². The third kappa shape index (κ3) is 12.6. The summed E-state index contributed by atoms with van der Waals surface area (Å²) in [4.78, 5) is 16.3. The monoisotopic (exact) mass is 540 g/mol. The number of guanidine groups is 1. The van der Waals surface area contributed by atoms with Crippen LogP contribution in [0.3, 0.4) is 0 Å². The van der Waals surface area contributed by atoms with Gasteiger partial charge in [0.2, 0.25) is 0 Å². The van der Waals surface area contributed by atoms with E-state index in [9.17, 15) is 13.2 Å². The first kappa shape index (κ1) is 27.4. The van der Waals surface area contributed by atoms with Gasteiger partial charge in [-0.3, -0.25) is 4.99 Å². The average molecular weight is 540 g/mol. The molecule has 0 radical (unpaired) electrons. The number of benzene rings is 1. The molecule has 29 heavy (non-hydrogen) atoms. The van der Waals surface area contributed by atoms with Crippen molar-refractivity contribution in [2.75, 3.05) is 31.9 Å². The Bertz CT molecular complexity index is 734. The van der Waals surface area contributed by atoms with Crippen LogP contribution >= 0.6 is 24.0 Å². The van der Waals surface area contributed by atoms with Crippen molar-refractivity contribution >= 4 is 45.9 Å². The number of rotatable bonds is 9. The Balaban J connectivity index is 0.00000784. The Kier molecular flexibility index (Phi) is 12.9. The highest BCUT2D eigenvalue weighted by atomic mass is 127. The van der Waals surface area contributed by atoms with Crippen LogP contribution < -0.4 is 16.0 Å². The third-order valence-electron chi connectivity index (χ3n) is 3.37. The molecular formula is C19H33IN4O4S. The SMILES string of the molecule is CCNC(=NCCCS(=O)(=O)c1ccccc1)NCCNC(=O)OC(C)(C)C.I. The van der Waals surface area contributed by atoms with Crippen molar-refractivity contribution < 1.29 is 17.9 Å². The zero-order chi connectivity index (χ0) is 21.0. The molecule has 1 aromatic carbocycles. The normalized spacial score (nSPS) is 11.9. The second-order valence-electron chi connectivity index (χ2n) is 7.10. The van der Waals surface area contributed by atoms with Crippen LogP contribution in [0.2, 0.25) is 0 Å². The first-order valence-corrected chi connectivity index (χ1v) is 11.1. The molecule has 0 spiro atoms. The molecule has 0 atom stereocenters. The molecule has 0 saturated heterocycles. The van der Waals surface area contributed by atoms with Crippen LogP contribution in [0.15, 0.2) is 40.2 Å². The molecule has 1 aromatic rings. The summed E-state index contributed by atoms with van der Waals surface area (Å²) in [5, 5.41) is 8.83. The maximum Gasteiger partial charge on any atom is 0.407 e. The molecular weight excluding hydrogens is 507 g/mol. The summed E-state index contributed by atoms with van der Waals surface area (Å²) in [5.74, 6) is 0.616. The lowest BCUT2D eigenvalue weighted by Crippen LogP contribution is -2.42. The van der Waals surface area contributed by atoms with E-state index in [4.69, 9.17) is 4.74 Å². The number of nitrogens with zero attached hydrogens (tertiary/aromatic N) is 1. The second-order valence-corrected chi connectivity index (χ2v) is 9.21. The van der Waals surface area contributed by atoms with Gasteiger partial charge in [0.25, 0.3) is 0 Å². The number of ether oxygens (including phenoxy) is 1. The van der Waals surface area contributed by atoms with E-state index >= 15 is 0 Å². The van der Waals surface area contributed by atoms with Crippen molar-refractivity contribution in [2.24, 2.45) is 4.99 Å². The van der Waals surface area contributed by atoms with Crippen molar-refractivity contribution in [3.63, 3.8) is 0 Å². The molecule has 1 amide bonds. The standard InChI is InChI=1S/C19H32N4O4S.HI/c1-5-20-17(22-13-14-23-18(24)27-19(2,3)4)21-12-9-15-28(25,26)16-10-7-6-8-11-16;/h6-8,10-11H,5,9,12-15H2,1-4H3,(H,23,24)(H2,20,21,22);1H. The highest BCUT2D eigenvalue weighted by Gasteiger charge is 2.15. The number of aliphatic imine (C=N–C) groups is 1. The molecule has 8 nitrogen and oxygen atoms in total. The Morgan fingerprint density at radius 1 is 1.07 bits per heavy atom. The van der Waals surface area contributed by atoms with Gasteiger partial charge in [-0.1, -0.05) is 18.2 Å². The molecule has 0 aromatic heterocycles. The van der Waals surface area contributed by atoms with Gasteiger partial charge in [-0.2, -0.15) is 0 Å². The molecule has 3 N–H and O–H groups in total. The van der Waals surface area contributed by atoms with Crippen LogP contribution in [0.1, 0.15) is 34.1 Å². The van der Waals surface area contributed by atoms with E-state index in [0.29, 0.717) is 43.5 Å². The van der Waals surface area contributed by atoms with E-state index in [-0.39, 0.29) is 29.7 Å². The summed E-state index contributed by atoms with van der Waals surface area (Å²) in [6.07, 6.45) is -0.0494. The minimum atomic E-state index is -3.29. The average Bonchev–Trinajstić information content (AvgIpc) is 2.61. The van der Waals surface area contributed by atoms with Crippen molar-refractivity contribution in [2.45, 2.75) is 44.6 Å². The summed E-state index contributed by atoms with van der Waals surface area (Å²) in [6, 6.07) is 8.41. The van der Waals surface area contributed by atoms with E-state index in [1.54, 1.807) is 51.1 Å². The quantitative estimate of drug-likeness (QED) is 0.192. The van der Waals surface area contributed by atoms with Gasteiger partial charge in [-0.05, 0) is 46.2 Å². The molecule has 0 aliphatic carbocycles. The largest absolute Gasteiger partial charge is 0.444 e. The fourth-order valence-electron chi connectivity index (χ4n) is 2.19. The molecule has 0 heterocycles. The zero-order valence-electron chi connectivity index (χ0n) is 17.5. The highest BCUT2D eigenvalue weighted by molar-refractivity contribution is 14.0. The number of alkyl carbamates (subject to hydrolysis) is 1. The molecule has 0 saturated carbocycles. The van der Waals surface area contributed by atoms with E-state index in [1.807, 2.05) is 6.92 Å². The number of hydrogen-bond acceptors (Lipinski definition) is 5. The zero-order valence-corrected chi connectivity index (χ0v) is 20.7. The van der Waals surface area contributed by atoms with E-state index in [0.717, 1.165) is 0 Å². The Morgan fingerprint density at radius 3 is 2.28 bits per heavy atom. The minimum Gasteiger partial charge on any atom is -0.444 e. The molecule has 0 unspecified atom stereocenters. The van der Waals surface area contributed by atoms with Crippen molar-refractivity contribution in [3.8, 4) is 0 Å². The molecule has 0 aliphatic rings. The highest BCUT2D eigenvalue weighted by Crippen LogP contribution is 2.11. The Labute approximate surface area is 191 Å². The van der Waals surface area contributed by atoms with E-state index < -0.39 is 21.5 Å². The van der Waals surface area contributed by atoms with Gasteiger partial charge in [-0.15, -0.1) is 24.0 Å². The van der Waals surface area contributed by atoms with Crippen LogP contribution in [0.5, 0.6) is 0 Å². The number of sulfone groups is 1. The molecule has 0 bridgehead atoms. The molecule has 0 aliphatic heterocycles. The molecule has 10 heteroatoms. The second kappa shape index (κ2) is 13.6. The minimum absolute atomic E-state index is 0. The lowest BCUT2D eigenvalue weighted by atomic mass is 10.2. The predicted molar refractivity (Wildman–Crippen MR) is 127 cm³/mol. The predicted octanol–water partition coefficient (Wildman–Crippen LogP) is 2.55. The lowest BCUT2D eigenvalue weighted by Gasteiger charge is -2.19. The number of nitrogens with one attached hydrogen (secondary N) is 3. The van der Waals surface area contributed by atoms with Gasteiger partial charge >= 0.3 is 6.09 Å². The van der Waals surface area contributed by atoms with E-state index in [1.165, 1.54) is 0 Å². The summed E-state index contributed by atoms with van der Waals surface area (Å²) < 4.78 is 29.6. The number of carbonyl (C=O) groups is 1. The first-order valence-electron chi connectivity index (χ1n) is 9.41. The maximum atomic E-state index is 12.2. The fraction of sp³-hybridized carbons (Fsp3) is 0.579. The van der Waals surface area contributed by atoms with Crippen LogP contribution in [0, 0.1) is 0 Å². The summed E-state index contributed by atoms with van der Waals surface area (Å²) in [5.41, 5.74) is -0.534. The van der Waals surface area contributed by atoms with Gasteiger partial charge in [0, 0.05) is 26.2 Å². The van der Waals surface area contributed by atoms with Crippen LogP contribution in [0.4, 0.5) is 4.79 Å². The lowest BCUT2D eigenvalue weighted by molar-refractivity contribution is 0.0529. The van der Waals surface area contributed by atoms with E-state index in [2.05, 4.69) is 20.9 Å². The van der Waals surface area contributed by atoms with Crippen molar-refractivity contribution in [1.82, 2.24) is 16.0 Å². The van der Waals surface area contributed by atoms with Crippen LogP contribution in [0.25, 0.3) is 0 Å². The maximum absolute atomic E-state index is 12.2. The van der Waals surface area contributed by atoms with Crippen LogP contribution in [-0.2, 0) is 14.6 Å². The molecule has 0 fully saturated rings. The number of amides is 1. The van der Waals surface area contributed by atoms with Crippen LogP contribution in [-0.4, -0.2) is 58.0 Å². The summed E-state index contributed by atoms with van der Waals surface area (Å²) >= 11 is 0. The van der Waals surface area contributed by atoms with Gasteiger partial charge < -0.3 is 20.7 Å². The van der Waals surface area contributed by atoms with Gasteiger partial charge in [-0.25, -0.2) is 13.2 Å².